The molecule has 2 N–H and O–H groups in total. The molecular weight excluding hydrogens is 312 g/mol. The van der Waals surface area contributed by atoms with Crippen LogP contribution in [0.1, 0.15) is 52.8 Å². The molecule has 1 atom stereocenters. The number of ketones is 1. The van der Waals surface area contributed by atoms with Crippen LogP contribution >= 0.6 is 0 Å². The van der Waals surface area contributed by atoms with E-state index in [1.54, 1.807) is 24.3 Å². The Morgan fingerprint density at radius 2 is 1.36 bits per heavy atom. The predicted molar refractivity (Wildman–Crippen MR) is 98.5 cm³/mol. The van der Waals surface area contributed by atoms with Gasteiger partial charge in [0.1, 0.15) is 6.17 Å². The Kier molecular flexibility index (Phi) is 5.96. The maximum absolute atomic E-state index is 12.9. The molecule has 0 radical (unpaired) electrons. The van der Waals surface area contributed by atoms with E-state index in [0.29, 0.717) is 11.1 Å². The average Bonchev–Trinajstić information content (AvgIpc) is 2.69. The summed E-state index contributed by atoms with van der Waals surface area (Å²) in [5.74, 6) is -0.339. The summed E-state index contributed by atoms with van der Waals surface area (Å²) in [4.78, 5) is 25.4. The summed E-state index contributed by atoms with van der Waals surface area (Å²) >= 11 is 0. The van der Waals surface area contributed by atoms with Crippen molar-refractivity contribution in [2.24, 2.45) is 0 Å². The average molecular weight is 336 g/mol. The van der Waals surface area contributed by atoms with Gasteiger partial charge in [-0.15, -0.1) is 0 Å². The molecule has 3 rings (SSSR count). The zero-order valence-corrected chi connectivity index (χ0v) is 14.3. The minimum absolute atomic E-state index is 0.101. The number of rotatable bonds is 6. The number of hydrogen-bond donors (Lipinski definition) is 2. The monoisotopic (exact) mass is 336 g/mol. The highest BCUT2D eigenvalue weighted by molar-refractivity contribution is 6.04. The molecule has 0 aliphatic heterocycles. The lowest BCUT2D eigenvalue weighted by Crippen LogP contribution is -2.54. The number of hydrogen-bond acceptors (Lipinski definition) is 3. The van der Waals surface area contributed by atoms with E-state index in [1.165, 1.54) is 6.42 Å². The molecule has 1 aliphatic rings. The van der Waals surface area contributed by atoms with Crippen LogP contribution in [0.3, 0.4) is 0 Å². The van der Waals surface area contributed by atoms with Crippen LogP contribution in [0.4, 0.5) is 0 Å². The topological polar surface area (TPSA) is 58.2 Å². The van der Waals surface area contributed by atoms with Crippen LogP contribution in [0.5, 0.6) is 0 Å². The fourth-order valence-corrected chi connectivity index (χ4v) is 3.26. The van der Waals surface area contributed by atoms with Crippen LogP contribution in [0.2, 0.25) is 0 Å². The summed E-state index contributed by atoms with van der Waals surface area (Å²) in [5, 5.41) is 6.25. The van der Waals surface area contributed by atoms with E-state index in [2.05, 4.69) is 10.6 Å². The summed E-state index contributed by atoms with van der Waals surface area (Å²) < 4.78 is 0. The zero-order valence-electron chi connectivity index (χ0n) is 14.3. The first kappa shape index (κ1) is 17.4. The maximum Gasteiger partial charge on any atom is 0.252 e. The summed E-state index contributed by atoms with van der Waals surface area (Å²) in [7, 11) is 0. The van der Waals surface area contributed by atoms with E-state index >= 15 is 0 Å². The normalized spacial score (nSPS) is 16.2. The second kappa shape index (κ2) is 8.58. The molecule has 25 heavy (non-hydrogen) atoms. The molecule has 1 unspecified atom stereocenters. The number of benzene rings is 2. The van der Waals surface area contributed by atoms with E-state index in [1.807, 2.05) is 36.4 Å². The van der Waals surface area contributed by atoms with Gasteiger partial charge in [0.05, 0.1) is 0 Å². The summed E-state index contributed by atoms with van der Waals surface area (Å²) in [6.07, 6.45) is 4.94. The fraction of sp³-hybridized carbons (Fsp3) is 0.333. The molecule has 2 aromatic rings. The number of carbonyl (C=O) groups excluding carboxylic acids is 2. The van der Waals surface area contributed by atoms with Gasteiger partial charge in [-0.05, 0) is 25.0 Å². The van der Waals surface area contributed by atoms with Gasteiger partial charge in [0.15, 0.2) is 5.78 Å². The lowest BCUT2D eigenvalue weighted by atomic mass is 9.95. The van der Waals surface area contributed by atoms with Crippen molar-refractivity contribution in [3.8, 4) is 0 Å². The van der Waals surface area contributed by atoms with E-state index in [-0.39, 0.29) is 17.7 Å². The van der Waals surface area contributed by atoms with Gasteiger partial charge in [-0.1, -0.05) is 67.8 Å². The third-order valence-electron chi connectivity index (χ3n) is 4.64. The summed E-state index contributed by atoms with van der Waals surface area (Å²) in [6, 6.07) is 18.4. The largest absolute Gasteiger partial charge is 0.330 e. The van der Waals surface area contributed by atoms with Crippen LogP contribution in [-0.4, -0.2) is 23.9 Å². The van der Waals surface area contributed by atoms with Crippen molar-refractivity contribution in [2.75, 3.05) is 0 Å². The molecule has 1 saturated carbocycles. The molecule has 0 aromatic heterocycles. The van der Waals surface area contributed by atoms with Crippen molar-refractivity contribution in [3.05, 3.63) is 71.8 Å². The van der Waals surface area contributed by atoms with Crippen LogP contribution in [0.15, 0.2) is 60.7 Å². The number of amides is 1. The van der Waals surface area contributed by atoms with Gasteiger partial charge in [0.2, 0.25) is 0 Å². The Hall–Kier alpha value is -2.46. The first-order chi connectivity index (χ1) is 12.2. The second-order valence-corrected chi connectivity index (χ2v) is 6.50. The first-order valence-corrected chi connectivity index (χ1v) is 8.95. The number of carbonyl (C=O) groups is 2. The SMILES string of the molecule is O=C(NC(NC1CCCCC1)C(=O)c1ccccc1)c1ccccc1. The molecule has 0 bridgehead atoms. The molecule has 2 aromatic carbocycles. The van der Waals surface area contributed by atoms with Gasteiger partial charge in [-0.3, -0.25) is 14.9 Å². The maximum atomic E-state index is 12.9. The molecule has 0 saturated heterocycles. The number of nitrogens with one attached hydrogen (secondary N) is 2. The lowest BCUT2D eigenvalue weighted by Gasteiger charge is -2.28. The van der Waals surface area contributed by atoms with Gasteiger partial charge in [0.25, 0.3) is 5.91 Å². The molecule has 1 fully saturated rings. The minimum atomic E-state index is -0.710. The van der Waals surface area contributed by atoms with Crippen LogP contribution in [0.25, 0.3) is 0 Å². The number of Topliss-reactive ketones (excluding diaryl/α,β-unsaturated/α-hetero) is 1. The van der Waals surface area contributed by atoms with Crippen molar-refractivity contribution in [1.82, 2.24) is 10.6 Å². The third-order valence-corrected chi connectivity index (χ3v) is 4.64. The molecule has 1 amide bonds. The molecule has 4 heteroatoms. The van der Waals surface area contributed by atoms with E-state index < -0.39 is 6.17 Å². The highest BCUT2D eigenvalue weighted by atomic mass is 16.2. The fourth-order valence-electron chi connectivity index (χ4n) is 3.26. The zero-order chi connectivity index (χ0) is 17.5. The van der Waals surface area contributed by atoms with Crippen molar-refractivity contribution < 1.29 is 9.59 Å². The van der Waals surface area contributed by atoms with E-state index in [4.69, 9.17) is 0 Å². The molecule has 1 aliphatic carbocycles. The second-order valence-electron chi connectivity index (χ2n) is 6.50. The molecule has 4 nitrogen and oxygen atoms in total. The summed E-state index contributed by atoms with van der Waals surface area (Å²) in [5.41, 5.74) is 1.16. The standard InChI is InChI=1S/C21H24N2O2/c24-19(16-10-4-1-5-11-16)20(22-18-14-8-3-9-15-18)23-21(25)17-12-6-2-7-13-17/h1-2,4-7,10-13,18,20,22H,3,8-9,14-15H2,(H,23,25). The van der Waals surface area contributed by atoms with Gasteiger partial charge < -0.3 is 5.32 Å². The Labute approximate surface area is 148 Å². The lowest BCUT2D eigenvalue weighted by molar-refractivity contribution is 0.0824. The van der Waals surface area contributed by atoms with Crippen LogP contribution in [-0.2, 0) is 0 Å². The van der Waals surface area contributed by atoms with Gasteiger partial charge in [0, 0.05) is 17.2 Å². The van der Waals surface area contributed by atoms with Gasteiger partial charge in [-0.25, -0.2) is 0 Å². The van der Waals surface area contributed by atoms with Gasteiger partial charge >= 0.3 is 0 Å². The van der Waals surface area contributed by atoms with Crippen LogP contribution < -0.4 is 10.6 Å². The van der Waals surface area contributed by atoms with Gasteiger partial charge in [-0.2, -0.15) is 0 Å². The molecule has 0 spiro atoms. The van der Waals surface area contributed by atoms with Crippen LogP contribution in [0, 0.1) is 0 Å². The third kappa shape index (κ3) is 4.77. The highest BCUT2D eigenvalue weighted by Crippen LogP contribution is 2.18. The van der Waals surface area contributed by atoms with Crippen molar-refractivity contribution in [1.29, 1.82) is 0 Å². The molecular formula is C21H24N2O2. The van der Waals surface area contributed by atoms with E-state index in [9.17, 15) is 9.59 Å². The predicted octanol–water partition coefficient (Wildman–Crippen LogP) is 3.55. The Morgan fingerprint density at radius 3 is 1.96 bits per heavy atom. The van der Waals surface area contributed by atoms with Crippen molar-refractivity contribution in [2.45, 2.75) is 44.3 Å². The minimum Gasteiger partial charge on any atom is -0.330 e. The van der Waals surface area contributed by atoms with E-state index in [0.717, 1.165) is 25.7 Å². The Balaban J connectivity index is 1.75. The quantitative estimate of drug-likeness (QED) is 0.626. The molecule has 0 heterocycles. The molecule has 130 valence electrons. The smallest absolute Gasteiger partial charge is 0.252 e. The first-order valence-electron chi connectivity index (χ1n) is 8.95. The Bertz CT molecular complexity index is 694. The van der Waals surface area contributed by atoms with Crippen molar-refractivity contribution >= 4 is 11.7 Å². The highest BCUT2D eigenvalue weighted by Gasteiger charge is 2.26. The van der Waals surface area contributed by atoms with Crippen molar-refractivity contribution in [3.63, 3.8) is 0 Å². The Morgan fingerprint density at radius 1 is 0.800 bits per heavy atom. The summed E-state index contributed by atoms with van der Waals surface area (Å²) in [6.45, 7) is 0.